The highest BCUT2D eigenvalue weighted by Gasteiger charge is 2.10. The first-order valence-corrected chi connectivity index (χ1v) is 7.18. The van der Waals surface area contributed by atoms with Crippen LogP contribution in [0, 0.1) is 5.82 Å². The van der Waals surface area contributed by atoms with Crippen molar-refractivity contribution in [1.82, 2.24) is 5.16 Å². The molecular weight excluding hydrogens is 291 g/mol. The van der Waals surface area contributed by atoms with E-state index in [0.29, 0.717) is 11.6 Å². The molecule has 0 fully saturated rings. The van der Waals surface area contributed by atoms with Crippen molar-refractivity contribution in [3.05, 3.63) is 58.5 Å². The number of nitrogens with zero attached hydrogens (tertiary/aromatic N) is 1. The Morgan fingerprint density at radius 3 is 2.81 bits per heavy atom. The van der Waals surface area contributed by atoms with Gasteiger partial charge in [0.15, 0.2) is 0 Å². The van der Waals surface area contributed by atoms with Gasteiger partial charge in [-0.15, -0.1) is 0 Å². The number of halogens is 1. The van der Waals surface area contributed by atoms with Crippen LogP contribution in [0.1, 0.15) is 5.56 Å². The van der Waals surface area contributed by atoms with Crippen molar-refractivity contribution in [2.75, 3.05) is 5.32 Å². The van der Waals surface area contributed by atoms with Gasteiger partial charge in [0.25, 0.3) is 0 Å². The van der Waals surface area contributed by atoms with Gasteiger partial charge >= 0.3 is 0 Å². The van der Waals surface area contributed by atoms with E-state index in [-0.39, 0.29) is 18.1 Å². The van der Waals surface area contributed by atoms with Crippen molar-refractivity contribution in [2.24, 2.45) is 0 Å². The summed E-state index contributed by atoms with van der Waals surface area (Å²) in [5.74, 6) is -0.271. The highest BCUT2D eigenvalue weighted by Crippen LogP contribution is 2.23. The average molecular weight is 302 g/mol. The molecule has 1 amide bonds. The maximum atomic E-state index is 12.8. The topological polar surface area (TPSA) is 55.1 Å². The fourth-order valence-electron chi connectivity index (χ4n) is 1.85. The Labute approximate surface area is 124 Å². The minimum absolute atomic E-state index is 0.148. The predicted molar refractivity (Wildman–Crippen MR) is 78.5 cm³/mol. The lowest BCUT2D eigenvalue weighted by Gasteiger charge is -2.01. The van der Waals surface area contributed by atoms with Gasteiger partial charge in [-0.1, -0.05) is 17.3 Å². The van der Waals surface area contributed by atoms with E-state index < -0.39 is 0 Å². The molecule has 1 N–H and O–H groups in total. The Hall–Kier alpha value is -2.47. The fourth-order valence-corrected chi connectivity index (χ4v) is 2.50. The minimum Gasteiger partial charge on any atom is -0.338 e. The number of thiophene rings is 1. The third-order valence-electron chi connectivity index (χ3n) is 2.87. The summed E-state index contributed by atoms with van der Waals surface area (Å²) in [6.45, 7) is 0. The Morgan fingerprint density at radius 2 is 2.10 bits per heavy atom. The van der Waals surface area contributed by atoms with Crippen LogP contribution in [0.4, 0.5) is 10.3 Å². The lowest BCUT2D eigenvalue weighted by atomic mass is 10.1. The molecule has 0 unspecified atom stereocenters. The monoisotopic (exact) mass is 302 g/mol. The average Bonchev–Trinajstić information content (AvgIpc) is 3.12. The van der Waals surface area contributed by atoms with E-state index in [9.17, 15) is 9.18 Å². The van der Waals surface area contributed by atoms with Crippen molar-refractivity contribution in [3.8, 4) is 11.3 Å². The van der Waals surface area contributed by atoms with E-state index in [4.69, 9.17) is 4.52 Å². The van der Waals surface area contributed by atoms with Gasteiger partial charge in [0, 0.05) is 17.0 Å². The third kappa shape index (κ3) is 3.35. The van der Waals surface area contributed by atoms with Gasteiger partial charge in [-0.25, -0.2) is 4.39 Å². The van der Waals surface area contributed by atoms with E-state index in [1.54, 1.807) is 29.5 Å². The normalized spacial score (nSPS) is 10.5. The molecule has 0 aliphatic rings. The van der Waals surface area contributed by atoms with Gasteiger partial charge < -0.3 is 4.52 Å². The minimum atomic E-state index is -0.324. The predicted octanol–water partition coefficient (Wildman–Crippen LogP) is 3.72. The van der Waals surface area contributed by atoms with Gasteiger partial charge in [0.2, 0.25) is 11.8 Å². The van der Waals surface area contributed by atoms with Crippen LogP contribution in [0.15, 0.2) is 51.7 Å². The summed E-state index contributed by atoms with van der Waals surface area (Å²) in [7, 11) is 0. The first kappa shape index (κ1) is 13.5. The van der Waals surface area contributed by atoms with Crippen molar-refractivity contribution >= 4 is 23.1 Å². The fraction of sp³-hybridized carbons (Fsp3) is 0.0667. The molecule has 0 radical (unpaired) electrons. The first-order chi connectivity index (χ1) is 10.2. The van der Waals surface area contributed by atoms with Crippen LogP contribution in [0.3, 0.4) is 0 Å². The number of anilines is 1. The zero-order chi connectivity index (χ0) is 14.7. The smallest absolute Gasteiger partial charge is 0.231 e. The Balaban J connectivity index is 1.64. The molecule has 0 saturated carbocycles. The molecule has 2 heterocycles. The van der Waals surface area contributed by atoms with Crippen molar-refractivity contribution < 1.29 is 13.7 Å². The second-order valence-corrected chi connectivity index (χ2v) is 5.22. The summed E-state index contributed by atoms with van der Waals surface area (Å²) in [6.07, 6.45) is 0.148. The maximum absolute atomic E-state index is 12.8. The van der Waals surface area contributed by atoms with Crippen LogP contribution in [0.5, 0.6) is 0 Å². The summed E-state index contributed by atoms with van der Waals surface area (Å²) in [6, 6.07) is 9.40. The Bertz CT molecular complexity index is 735. The van der Waals surface area contributed by atoms with Crippen LogP contribution in [-0.2, 0) is 11.2 Å². The molecule has 106 valence electrons. The molecule has 3 aromatic rings. The largest absolute Gasteiger partial charge is 0.338 e. The van der Waals surface area contributed by atoms with Gasteiger partial charge in [-0.2, -0.15) is 11.3 Å². The van der Waals surface area contributed by atoms with E-state index in [1.165, 1.54) is 12.1 Å². The molecule has 0 aliphatic carbocycles. The van der Waals surface area contributed by atoms with E-state index in [1.807, 2.05) is 16.8 Å². The van der Waals surface area contributed by atoms with Gasteiger partial charge in [0.1, 0.15) is 11.5 Å². The summed E-state index contributed by atoms with van der Waals surface area (Å²) in [4.78, 5) is 11.9. The van der Waals surface area contributed by atoms with Crippen LogP contribution in [-0.4, -0.2) is 11.1 Å². The van der Waals surface area contributed by atoms with E-state index in [2.05, 4.69) is 10.5 Å². The molecule has 3 rings (SSSR count). The van der Waals surface area contributed by atoms with E-state index >= 15 is 0 Å². The number of rotatable bonds is 4. The Morgan fingerprint density at radius 1 is 1.29 bits per heavy atom. The molecule has 0 spiro atoms. The van der Waals surface area contributed by atoms with Crippen molar-refractivity contribution in [1.29, 1.82) is 0 Å². The number of hydrogen-bond donors (Lipinski definition) is 1. The van der Waals surface area contributed by atoms with Gasteiger partial charge in [0.05, 0.1) is 6.42 Å². The molecule has 0 saturated heterocycles. The number of aromatic nitrogens is 1. The third-order valence-corrected chi connectivity index (χ3v) is 3.55. The molecule has 0 bridgehead atoms. The summed E-state index contributed by atoms with van der Waals surface area (Å²) < 4.78 is 17.9. The highest BCUT2D eigenvalue weighted by atomic mass is 32.1. The molecule has 21 heavy (non-hydrogen) atoms. The molecule has 0 atom stereocenters. The molecule has 0 aliphatic heterocycles. The van der Waals surface area contributed by atoms with Crippen LogP contribution >= 0.6 is 11.3 Å². The number of hydrogen-bond acceptors (Lipinski definition) is 4. The standard InChI is InChI=1S/C15H11FN2O2S/c16-12-3-1-10(2-4-12)7-14(19)17-15-8-13(18-20-15)11-5-6-21-9-11/h1-6,8-9H,7H2,(H,17,19). The summed E-state index contributed by atoms with van der Waals surface area (Å²) in [5.41, 5.74) is 2.35. The number of nitrogens with one attached hydrogen (secondary N) is 1. The molecule has 4 nitrogen and oxygen atoms in total. The first-order valence-electron chi connectivity index (χ1n) is 6.24. The lowest BCUT2D eigenvalue weighted by molar-refractivity contribution is -0.115. The molecule has 2 aromatic heterocycles. The highest BCUT2D eigenvalue weighted by molar-refractivity contribution is 7.08. The van der Waals surface area contributed by atoms with Crippen LogP contribution in [0.2, 0.25) is 0 Å². The number of carbonyl (C=O) groups excluding carboxylic acids is 1. The zero-order valence-corrected chi connectivity index (χ0v) is 11.7. The van der Waals surface area contributed by atoms with Crippen molar-refractivity contribution in [3.63, 3.8) is 0 Å². The number of amides is 1. The maximum Gasteiger partial charge on any atom is 0.231 e. The van der Waals surface area contributed by atoms with Gasteiger partial charge in [-0.05, 0) is 29.1 Å². The SMILES string of the molecule is O=C(Cc1ccc(F)cc1)Nc1cc(-c2ccsc2)no1. The number of carbonyl (C=O) groups is 1. The molecular formula is C15H11FN2O2S. The number of benzene rings is 1. The lowest BCUT2D eigenvalue weighted by Crippen LogP contribution is -2.13. The molecule has 1 aromatic carbocycles. The second kappa shape index (κ2) is 5.88. The summed E-state index contributed by atoms with van der Waals surface area (Å²) >= 11 is 1.56. The zero-order valence-electron chi connectivity index (χ0n) is 10.9. The van der Waals surface area contributed by atoms with Gasteiger partial charge in [-0.3, -0.25) is 10.1 Å². The van der Waals surface area contributed by atoms with Crippen molar-refractivity contribution in [2.45, 2.75) is 6.42 Å². The quantitative estimate of drug-likeness (QED) is 0.799. The summed E-state index contributed by atoms with van der Waals surface area (Å²) in [5, 5.41) is 10.4. The van der Waals surface area contributed by atoms with Crippen LogP contribution in [0.25, 0.3) is 11.3 Å². The molecule has 6 heteroatoms. The van der Waals surface area contributed by atoms with E-state index in [0.717, 1.165) is 11.1 Å². The Kier molecular flexibility index (Phi) is 3.79. The second-order valence-electron chi connectivity index (χ2n) is 4.44. The van der Waals surface area contributed by atoms with Crippen LogP contribution < -0.4 is 5.32 Å².